The van der Waals surface area contributed by atoms with E-state index < -0.39 is 0 Å². The minimum Gasteiger partial charge on any atom is -0.384 e. The molecular weight excluding hydrogens is 178 g/mol. The van der Waals surface area contributed by atoms with Gasteiger partial charge in [-0.15, -0.1) is 0 Å². The van der Waals surface area contributed by atoms with Crippen molar-refractivity contribution in [1.29, 1.82) is 0 Å². The maximum absolute atomic E-state index is 5.85. The van der Waals surface area contributed by atoms with Crippen molar-refractivity contribution in [3.63, 3.8) is 0 Å². The zero-order valence-electron chi connectivity index (χ0n) is 8.73. The lowest BCUT2D eigenvalue weighted by Gasteiger charge is -2.27. The Morgan fingerprint density at radius 3 is 2.86 bits per heavy atom. The molecule has 2 heterocycles. The first kappa shape index (κ1) is 9.52. The number of hydrogen-bond acceptors (Lipinski definition) is 3. The van der Waals surface area contributed by atoms with Crippen LogP contribution in [-0.4, -0.2) is 22.5 Å². The minimum absolute atomic E-state index is 0.319. The predicted molar refractivity (Wildman–Crippen MR) is 55.1 cm³/mol. The van der Waals surface area contributed by atoms with Crippen molar-refractivity contribution < 1.29 is 4.74 Å². The summed E-state index contributed by atoms with van der Waals surface area (Å²) in [6, 6.07) is 2.22. The van der Waals surface area contributed by atoms with Crippen LogP contribution in [0.1, 0.15) is 31.5 Å². The first-order valence-electron chi connectivity index (χ1n) is 5.10. The Hall–Kier alpha value is -1.03. The van der Waals surface area contributed by atoms with Gasteiger partial charge in [-0.1, -0.05) is 0 Å². The number of nitrogens with zero attached hydrogens (tertiary/aromatic N) is 2. The minimum atomic E-state index is 0.319. The molecule has 0 spiro atoms. The van der Waals surface area contributed by atoms with Gasteiger partial charge in [-0.2, -0.15) is 5.10 Å². The van der Waals surface area contributed by atoms with Gasteiger partial charge < -0.3 is 10.5 Å². The number of rotatable bonds is 1. The second-order valence-electron chi connectivity index (χ2n) is 4.03. The molecule has 4 nitrogen and oxygen atoms in total. The zero-order valence-corrected chi connectivity index (χ0v) is 8.73. The van der Waals surface area contributed by atoms with Crippen LogP contribution in [0.15, 0.2) is 6.07 Å². The second-order valence-corrected chi connectivity index (χ2v) is 4.03. The van der Waals surface area contributed by atoms with E-state index in [0.29, 0.717) is 12.1 Å². The summed E-state index contributed by atoms with van der Waals surface area (Å²) in [5.41, 5.74) is 6.83. The standard InChI is InChI=1S/C10H17N3O/c1-7-5-10(11)13(12-7)9-4-3-8(2)14-6-9/h5,8-9H,3-4,6,11H2,1-2H3. The molecule has 0 amide bonds. The highest BCUT2D eigenvalue weighted by Crippen LogP contribution is 2.25. The molecule has 0 bridgehead atoms. The number of nitrogens with two attached hydrogens (primary N) is 1. The van der Waals surface area contributed by atoms with E-state index in [0.717, 1.165) is 31.0 Å². The van der Waals surface area contributed by atoms with Gasteiger partial charge in [0.2, 0.25) is 0 Å². The van der Waals surface area contributed by atoms with E-state index in [2.05, 4.69) is 12.0 Å². The second kappa shape index (κ2) is 3.61. The molecule has 1 aromatic heterocycles. The highest BCUT2D eigenvalue weighted by Gasteiger charge is 2.22. The monoisotopic (exact) mass is 195 g/mol. The SMILES string of the molecule is Cc1cc(N)n(C2CCC(C)OC2)n1. The lowest BCUT2D eigenvalue weighted by molar-refractivity contribution is -0.00316. The van der Waals surface area contributed by atoms with E-state index in [-0.39, 0.29) is 0 Å². The number of aryl methyl sites for hydroxylation is 1. The average Bonchev–Trinajstić information content (AvgIpc) is 2.47. The molecule has 1 saturated heterocycles. The summed E-state index contributed by atoms with van der Waals surface area (Å²) in [6.07, 6.45) is 2.57. The van der Waals surface area contributed by atoms with Crippen molar-refractivity contribution in [2.24, 2.45) is 0 Å². The Bertz CT molecular complexity index is 313. The lowest BCUT2D eigenvalue weighted by Crippen LogP contribution is -2.27. The van der Waals surface area contributed by atoms with E-state index in [1.807, 2.05) is 17.7 Å². The van der Waals surface area contributed by atoms with Gasteiger partial charge in [0.1, 0.15) is 5.82 Å². The summed E-state index contributed by atoms with van der Waals surface area (Å²) in [6.45, 7) is 4.79. The van der Waals surface area contributed by atoms with Gasteiger partial charge >= 0.3 is 0 Å². The molecule has 2 rings (SSSR count). The maximum atomic E-state index is 5.85. The van der Waals surface area contributed by atoms with Crippen molar-refractivity contribution in [1.82, 2.24) is 9.78 Å². The van der Waals surface area contributed by atoms with Gasteiger partial charge in [-0.25, -0.2) is 4.68 Å². The van der Waals surface area contributed by atoms with E-state index in [9.17, 15) is 0 Å². The molecule has 0 aromatic carbocycles. The fourth-order valence-electron chi connectivity index (χ4n) is 1.89. The number of aromatic nitrogens is 2. The Morgan fingerprint density at radius 1 is 1.57 bits per heavy atom. The van der Waals surface area contributed by atoms with Crippen molar-refractivity contribution in [2.75, 3.05) is 12.3 Å². The van der Waals surface area contributed by atoms with Crippen LogP contribution in [0.5, 0.6) is 0 Å². The van der Waals surface area contributed by atoms with Gasteiger partial charge in [0.25, 0.3) is 0 Å². The summed E-state index contributed by atoms with van der Waals surface area (Å²) in [5, 5.41) is 4.37. The van der Waals surface area contributed by atoms with Crippen LogP contribution in [0.25, 0.3) is 0 Å². The first-order chi connectivity index (χ1) is 6.66. The molecule has 1 aromatic rings. The normalized spacial score (nSPS) is 27.9. The molecule has 1 aliphatic heterocycles. The van der Waals surface area contributed by atoms with Gasteiger partial charge in [-0.3, -0.25) is 0 Å². The number of anilines is 1. The Morgan fingerprint density at radius 2 is 2.36 bits per heavy atom. The third-order valence-electron chi connectivity index (χ3n) is 2.71. The molecule has 0 radical (unpaired) electrons. The number of ether oxygens (including phenoxy) is 1. The molecule has 1 fully saturated rings. The Kier molecular flexibility index (Phi) is 2.46. The van der Waals surface area contributed by atoms with Crippen LogP contribution in [-0.2, 0) is 4.74 Å². The molecule has 14 heavy (non-hydrogen) atoms. The van der Waals surface area contributed by atoms with E-state index in [4.69, 9.17) is 10.5 Å². The van der Waals surface area contributed by atoms with Crippen molar-refractivity contribution in [3.05, 3.63) is 11.8 Å². The van der Waals surface area contributed by atoms with E-state index in [1.165, 1.54) is 0 Å². The van der Waals surface area contributed by atoms with Crippen molar-refractivity contribution in [3.8, 4) is 0 Å². The molecule has 4 heteroatoms. The number of hydrogen-bond donors (Lipinski definition) is 1. The quantitative estimate of drug-likeness (QED) is 0.739. The topological polar surface area (TPSA) is 53.1 Å². The van der Waals surface area contributed by atoms with Crippen LogP contribution in [0.3, 0.4) is 0 Å². The van der Waals surface area contributed by atoms with Crippen LogP contribution in [0, 0.1) is 6.92 Å². The molecule has 78 valence electrons. The van der Waals surface area contributed by atoms with Gasteiger partial charge in [0.05, 0.1) is 24.4 Å². The van der Waals surface area contributed by atoms with Gasteiger partial charge in [-0.05, 0) is 26.7 Å². The van der Waals surface area contributed by atoms with Gasteiger partial charge in [0, 0.05) is 6.07 Å². The molecule has 1 aliphatic rings. The van der Waals surface area contributed by atoms with Crippen LogP contribution < -0.4 is 5.73 Å². The highest BCUT2D eigenvalue weighted by molar-refractivity contribution is 5.30. The fourth-order valence-corrected chi connectivity index (χ4v) is 1.89. The maximum Gasteiger partial charge on any atom is 0.122 e. The lowest BCUT2D eigenvalue weighted by atomic mass is 10.1. The first-order valence-corrected chi connectivity index (χ1v) is 5.10. The van der Waals surface area contributed by atoms with Crippen molar-refractivity contribution in [2.45, 2.75) is 38.8 Å². The predicted octanol–water partition coefficient (Wildman–Crippen LogP) is 1.51. The zero-order chi connectivity index (χ0) is 10.1. The Balaban J connectivity index is 2.11. The average molecular weight is 195 g/mol. The molecular formula is C10H17N3O. The summed E-state index contributed by atoms with van der Waals surface area (Å²) in [7, 11) is 0. The van der Waals surface area contributed by atoms with Crippen LogP contribution >= 0.6 is 0 Å². The fraction of sp³-hybridized carbons (Fsp3) is 0.700. The highest BCUT2D eigenvalue weighted by atomic mass is 16.5. The summed E-state index contributed by atoms with van der Waals surface area (Å²) >= 11 is 0. The third-order valence-corrected chi connectivity index (χ3v) is 2.71. The summed E-state index contributed by atoms with van der Waals surface area (Å²) < 4.78 is 7.48. The number of nitrogen functional groups attached to an aromatic ring is 1. The third kappa shape index (κ3) is 1.75. The smallest absolute Gasteiger partial charge is 0.122 e. The molecule has 0 saturated carbocycles. The summed E-state index contributed by atoms with van der Waals surface area (Å²) in [4.78, 5) is 0. The Labute approximate surface area is 84.0 Å². The molecule has 2 unspecified atom stereocenters. The van der Waals surface area contributed by atoms with Gasteiger partial charge in [0.15, 0.2) is 0 Å². The van der Waals surface area contributed by atoms with Crippen molar-refractivity contribution >= 4 is 5.82 Å². The molecule has 2 atom stereocenters. The van der Waals surface area contributed by atoms with Crippen LogP contribution in [0.2, 0.25) is 0 Å². The van der Waals surface area contributed by atoms with E-state index in [1.54, 1.807) is 0 Å². The van der Waals surface area contributed by atoms with E-state index >= 15 is 0 Å². The molecule has 0 aliphatic carbocycles. The summed E-state index contributed by atoms with van der Waals surface area (Å²) in [5.74, 6) is 0.741. The van der Waals surface area contributed by atoms with Crippen LogP contribution in [0.4, 0.5) is 5.82 Å². The molecule has 2 N–H and O–H groups in total. The largest absolute Gasteiger partial charge is 0.384 e.